The van der Waals surface area contributed by atoms with Gasteiger partial charge in [-0.2, -0.15) is 11.8 Å². The molecule has 1 aliphatic rings. The molecular formula is C11H15NO2S. The molecule has 1 atom stereocenters. The second-order valence-corrected chi connectivity index (χ2v) is 5.36. The molecule has 4 heteroatoms. The summed E-state index contributed by atoms with van der Waals surface area (Å²) in [4.78, 5) is 15.2. The zero-order chi connectivity index (χ0) is 10.7. The number of ketones is 1. The SMILES string of the molecule is CC(=O)Cc1coc(CC2CCCS2)n1. The molecule has 1 aromatic rings. The van der Waals surface area contributed by atoms with Crippen molar-refractivity contribution >= 4 is 17.5 Å². The number of hydrogen-bond acceptors (Lipinski definition) is 4. The van der Waals surface area contributed by atoms with Crippen molar-refractivity contribution in [1.82, 2.24) is 4.98 Å². The molecule has 2 heterocycles. The van der Waals surface area contributed by atoms with Crippen LogP contribution in [0.3, 0.4) is 0 Å². The molecule has 2 rings (SSSR count). The highest BCUT2D eigenvalue weighted by Gasteiger charge is 2.18. The monoisotopic (exact) mass is 225 g/mol. The maximum absolute atomic E-state index is 10.9. The zero-order valence-corrected chi connectivity index (χ0v) is 9.68. The minimum Gasteiger partial charge on any atom is -0.449 e. The van der Waals surface area contributed by atoms with Crippen LogP contribution in [0.4, 0.5) is 0 Å². The summed E-state index contributed by atoms with van der Waals surface area (Å²) in [6, 6.07) is 0. The Balaban J connectivity index is 1.91. The van der Waals surface area contributed by atoms with Gasteiger partial charge in [0.1, 0.15) is 12.0 Å². The fraction of sp³-hybridized carbons (Fsp3) is 0.636. The normalized spacial score (nSPS) is 20.7. The standard InChI is InChI=1S/C11H15NO2S/c1-8(13)5-9-7-14-11(12-9)6-10-3-2-4-15-10/h7,10H,2-6H2,1H3. The van der Waals surface area contributed by atoms with Gasteiger partial charge >= 0.3 is 0 Å². The van der Waals surface area contributed by atoms with Crippen LogP contribution in [-0.4, -0.2) is 21.8 Å². The van der Waals surface area contributed by atoms with E-state index in [9.17, 15) is 4.79 Å². The van der Waals surface area contributed by atoms with Crippen molar-refractivity contribution in [3.8, 4) is 0 Å². The van der Waals surface area contributed by atoms with Crippen molar-refractivity contribution < 1.29 is 9.21 Å². The van der Waals surface area contributed by atoms with E-state index in [4.69, 9.17) is 4.42 Å². The van der Waals surface area contributed by atoms with Crippen LogP contribution in [0.15, 0.2) is 10.7 Å². The first-order valence-corrected chi connectivity index (χ1v) is 6.33. The average molecular weight is 225 g/mol. The predicted molar refractivity (Wildman–Crippen MR) is 60.1 cm³/mol. The Morgan fingerprint density at radius 3 is 3.27 bits per heavy atom. The molecule has 0 spiro atoms. The Morgan fingerprint density at radius 2 is 2.60 bits per heavy atom. The van der Waals surface area contributed by atoms with E-state index < -0.39 is 0 Å². The average Bonchev–Trinajstić information content (AvgIpc) is 2.77. The van der Waals surface area contributed by atoms with Crippen LogP contribution < -0.4 is 0 Å². The lowest BCUT2D eigenvalue weighted by molar-refractivity contribution is -0.116. The Bertz CT molecular complexity index is 342. The molecule has 0 N–H and O–H groups in total. The highest BCUT2D eigenvalue weighted by Crippen LogP contribution is 2.28. The summed E-state index contributed by atoms with van der Waals surface area (Å²) in [5.41, 5.74) is 0.764. The number of hydrogen-bond donors (Lipinski definition) is 0. The van der Waals surface area contributed by atoms with Crippen LogP contribution in [0.2, 0.25) is 0 Å². The first-order valence-electron chi connectivity index (χ1n) is 5.28. The quantitative estimate of drug-likeness (QED) is 0.788. The van der Waals surface area contributed by atoms with Crippen molar-refractivity contribution in [1.29, 1.82) is 0 Å². The van der Waals surface area contributed by atoms with Gasteiger partial charge in [0.2, 0.25) is 0 Å². The van der Waals surface area contributed by atoms with Gasteiger partial charge in [-0.05, 0) is 25.5 Å². The topological polar surface area (TPSA) is 43.1 Å². The van der Waals surface area contributed by atoms with Crippen LogP contribution in [-0.2, 0) is 17.6 Å². The second kappa shape index (κ2) is 4.84. The zero-order valence-electron chi connectivity index (χ0n) is 8.86. The molecule has 0 aliphatic carbocycles. The van der Waals surface area contributed by atoms with Crippen LogP contribution in [0.1, 0.15) is 31.4 Å². The number of oxazole rings is 1. The summed E-state index contributed by atoms with van der Waals surface area (Å²) < 4.78 is 5.35. The number of carbonyl (C=O) groups excluding carboxylic acids is 1. The molecule has 0 saturated carbocycles. The summed E-state index contributed by atoms with van der Waals surface area (Å²) in [6.07, 6.45) is 5.46. The molecule has 82 valence electrons. The van der Waals surface area contributed by atoms with E-state index in [0.29, 0.717) is 11.7 Å². The molecule has 0 bridgehead atoms. The maximum atomic E-state index is 10.9. The van der Waals surface area contributed by atoms with Crippen LogP contribution in [0.5, 0.6) is 0 Å². The highest BCUT2D eigenvalue weighted by atomic mass is 32.2. The Morgan fingerprint density at radius 1 is 1.73 bits per heavy atom. The number of aromatic nitrogens is 1. The molecule has 1 unspecified atom stereocenters. The molecule has 1 fully saturated rings. The smallest absolute Gasteiger partial charge is 0.195 e. The number of Topliss-reactive ketones (excluding diaryl/α,β-unsaturated/α-hetero) is 1. The van der Waals surface area contributed by atoms with Gasteiger partial charge in [-0.15, -0.1) is 0 Å². The number of rotatable bonds is 4. The van der Waals surface area contributed by atoms with Gasteiger partial charge in [0, 0.05) is 11.7 Å². The first-order chi connectivity index (χ1) is 7.24. The fourth-order valence-electron chi connectivity index (χ4n) is 1.78. The van der Waals surface area contributed by atoms with Crippen LogP contribution in [0.25, 0.3) is 0 Å². The molecule has 0 aromatic carbocycles. The maximum Gasteiger partial charge on any atom is 0.195 e. The van der Waals surface area contributed by atoms with E-state index in [1.807, 2.05) is 11.8 Å². The molecule has 1 saturated heterocycles. The molecule has 15 heavy (non-hydrogen) atoms. The fourth-order valence-corrected chi connectivity index (χ4v) is 3.04. The van der Waals surface area contributed by atoms with Gasteiger partial charge in [0.05, 0.1) is 12.1 Å². The Hall–Kier alpha value is -0.770. The Kier molecular flexibility index (Phi) is 3.46. The third-order valence-corrected chi connectivity index (χ3v) is 3.85. The number of thioether (sulfide) groups is 1. The summed E-state index contributed by atoms with van der Waals surface area (Å²) >= 11 is 1.99. The minimum absolute atomic E-state index is 0.130. The van der Waals surface area contributed by atoms with Gasteiger partial charge in [0.25, 0.3) is 0 Å². The number of carbonyl (C=O) groups is 1. The van der Waals surface area contributed by atoms with Gasteiger partial charge < -0.3 is 4.42 Å². The van der Waals surface area contributed by atoms with E-state index in [2.05, 4.69) is 4.98 Å². The molecular weight excluding hydrogens is 210 g/mol. The summed E-state index contributed by atoms with van der Waals surface area (Å²) in [5, 5.41) is 0.661. The molecule has 3 nitrogen and oxygen atoms in total. The lowest BCUT2D eigenvalue weighted by Gasteiger charge is -2.02. The van der Waals surface area contributed by atoms with Gasteiger partial charge in [-0.25, -0.2) is 4.98 Å². The van der Waals surface area contributed by atoms with Crippen molar-refractivity contribution in [3.63, 3.8) is 0 Å². The predicted octanol–water partition coefficient (Wildman–Crippen LogP) is 2.24. The van der Waals surface area contributed by atoms with Gasteiger partial charge in [-0.3, -0.25) is 4.79 Å². The van der Waals surface area contributed by atoms with Crippen molar-refractivity contribution in [3.05, 3.63) is 17.8 Å². The largest absolute Gasteiger partial charge is 0.449 e. The van der Waals surface area contributed by atoms with Crippen molar-refractivity contribution in [2.75, 3.05) is 5.75 Å². The van der Waals surface area contributed by atoms with Crippen LogP contribution in [0, 0.1) is 0 Å². The van der Waals surface area contributed by atoms with Gasteiger partial charge in [0.15, 0.2) is 5.89 Å². The minimum atomic E-state index is 0.130. The molecule has 0 amide bonds. The van der Waals surface area contributed by atoms with Crippen LogP contribution >= 0.6 is 11.8 Å². The second-order valence-electron chi connectivity index (χ2n) is 3.95. The van der Waals surface area contributed by atoms with Crippen molar-refractivity contribution in [2.45, 2.75) is 37.9 Å². The van der Waals surface area contributed by atoms with E-state index in [0.717, 1.165) is 18.0 Å². The van der Waals surface area contributed by atoms with E-state index >= 15 is 0 Å². The molecule has 1 aromatic heterocycles. The van der Waals surface area contributed by atoms with E-state index in [1.165, 1.54) is 18.6 Å². The summed E-state index contributed by atoms with van der Waals surface area (Å²) in [6.45, 7) is 1.57. The van der Waals surface area contributed by atoms with Crippen molar-refractivity contribution in [2.24, 2.45) is 0 Å². The first kappa shape index (κ1) is 10.7. The highest BCUT2D eigenvalue weighted by molar-refractivity contribution is 8.00. The van der Waals surface area contributed by atoms with E-state index in [1.54, 1.807) is 13.2 Å². The summed E-state index contributed by atoms with van der Waals surface area (Å²) in [7, 11) is 0. The lowest BCUT2D eigenvalue weighted by atomic mass is 10.2. The lowest BCUT2D eigenvalue weighted by Crippen LogP contribution is -2.03. The number of nitrogens with zero attached hydrogens (tertiary/aromatic N) is 1. The van der Waals surface area contributed by atoms with E-state index in [-0.39, 0.29) is 5.78 Å². The molecule has 1 aliphatic heterocycles. The summed E-state index contributed by atoms with van der Waals surface area (Å²) in [5.74, 6) is 2.17. The Labute approximate surface area is 93.6 Å². The third kappa shape index (κ3) is 3.09. The molecule has 0 radical (unpaired) electrons. The third-order valence-electron chi connectivity index (χ3n) is 2.46. The van der Waals surface area contributed by atoms with Gasteiger partial charge in [-0.1, -0.05) is 0 Å².